The molecule has 8 heteroatoms. The minimum absolute atomic E-state index is 0.0635. The number of alkyl carbamates (subject to hydrolysis) is 1. The summed E-state index contributed by atoms with van der Waals surface area (Å²) in [5, 5.41) is 16.1. The second-order valence-electron chi connectivity index (χ2n) is 10.4. The molecule has 1 aromatic carbocycles. The van der Waals surface area contributed by atoms with E-state index >= 15 is 0 Å². The Morgan fingerprint density at radius 3 is 2.16 bits per heavy atom. The fourth-order valence-corrected chi connectivity index (χ4v) is 3.53. The van der Waals surface area contributed by atoms with Crippen molar-refractivity contribution in [2.75, 3.05) is 0 Å². The van der Waals surface area contributed by atoms with Crippen molar-refractivity contribution in [2.24, 2.45) is 0 Å². The number of carbonyl (C=O) groups is 3. The zero-order chi connectivity index (χ0) is 24.3. The van der Waals surface area contributed by atoms with Crippen molar-refractivity contribution in [3.63, 3.8) is 0 Å². The predicted molar refractivity (Wildman–Crippen MR) is 122 cm³/mol. The zero-order valence-corrected chi connectivity index (χ0v) is 20.2. The number of para-hydroxylation sites is 1. The number of rotatable bonds is 6. The topological polar surface area (TPSA) is 108 Å². The Balaban J connectivity index is 2.40. The monoisotopic (exact) mass is 447 g/mol. The van der Waals surface area contributed by atoms with E-state index in [2.05, 4.69) is 10.6 Å². The summed E-state index contributed by atoms with van der Waals surface area (Å²) in [7, 11) is 0. The Morgan fingerprint density at radius 1 is 1.09 bits per heavy atom. The molecule has 1 saturated carbocycles. The second kappa shape index (κ2) is 9.79. The van der Waals surface area contributed by atoms with E-state index in [0.717, 1.165) is 19.3 Å². The first-order chi connectivity index (χ1) is 14.7. The first-order valence-electron chi connectivity index (χ1n) is 11.1. The molecule has 0 aromatic heterocycles. The second-order valence-corrected chi connectivity index (χ2v) is 10.4. The third-order valence-electron chi connectivity index (χ3n) is 5.08. The standard InChI is InChI=1S/C24H37N3O5/c1-15(25-22(31)32-24(5,6)7)21(30)27(16-11-10-12-16)19(20(29)26-23(2,3)4)17-13-8-9-14-18(17)28/h8-9,13-16,19,28H,10-12H2,1-7H3,(H,25,31)(H,26,29). The Hall–Kier alpha value is -2.77. The summed E-state index contributed by atoms with van der Waals surface area (Å²) in [6.07, 6.45) is 1.73. The van der Waals surface area contributed by atoms with Gasteiger partial charge in [-0.25, -0.2) is 4.79 Å². The van der Waals surface area contributed by atoms with Crippen LogP contribution in [0.3, 0.4) is 0 Å². The van der Waals surface area contributed by atoms with Crippen molar-refractivity contribution in [3.8, 4) is 5.75 Å². The van der Waals surface area contributed by atoms with Crippen LogP contribution >= 0.6 is 0 Å². The number of phenolic OH excluding ortho intramolecular Hbond substituents is 1. The third kappa shape index (κ3) is 6.87. The minimum Gasteiger partial charge on any atom is -0.508 e. The van der Waals surface area contributed by atoms with Crippen LogP contribution in [0.25, 0.3) is 0 Å². The molecule has 178 valence electrons. The Morgan fingerprint density at radius 2 is 1.69 bits per heavy atom. The van der Waals surface area contributed by atoms with Gasteiger partial charge in [0.2, 0.25) is 11.8 Å². The molecule has 0 radical (unpaired) electrons. The van der Waals surface area contributed by atoms with Crippen LogP contribution in [0.2, 0.25) is 0 Å². The van der Waals surface area contributed by atoms with Crippen molar-refractivity contribution in [1.29, 1.82) is 0 Å². The number of hydrogen-bond acceptors (Lipinski definition) is 5. The largest absolute Gasteiger partial charge is 0.508 e. The van der Waals surface area contributed by atoms with Crippen molar-refractivity contribution >= 4 is 17.9 Å². The summed E-state index contributed by atoms with van der Waals surface area (Å²) in [4.78, 5) is 40.7. The van der Waals surface area contributed by atoms with Crippen LogP contribution in [0, 0.1) is 0 Å². The van der Waals surface area contributed by atoms with Gasteiger partial charge < -0.3 is 25.4 Å². The van der Waals surface area contributed by atoms with Gasteiger partial charge in [-0.3, -0.25) is 9.59 Å². The molecule has 3 amide bonds. The van der Waals surface area contributed by atoms with Gasteiger partial charge in [-0.15, -0.1) is 0 Å². The molecule has 0 spiro atoms. The Labute approximate surface area is 190 Å². The predicted octanol–water partition coefficient (Wildman–Crippen LogP) is 3.64. The number of nitrogens with one attached hydrogen (secondary N) is 2. The van der Waals surface area contributed by atoms with E-state index in [1.807, 2.05) is 20.8 Å². The molecule has 0 aliphatic heterocycles. The number of carbonyl (C=O) groups excluding carboxylic acids is 3. The summed E-state index contributed by atoms with van der Waals surface area (Å²) in [6, 6.07) is 4.42. The molecule has 32 heavy (non-hydrogen) atoms. The average molecular weight is 448 g/mol. The lowest BCUT2D eigenvalue weighted by Gasteiger charge is -2.44. The summed E-state index contributed by atoms with van der Waals surface area (Å²) in [6.45, 7) is 12.4. The van der Waals surface area contributed by atoms with Crippen LogP contribution in [0.1, 0.15) is 79.3 Å². The molecular formula is C24H37N3O5. The number of benzene rings is 1. The fraction of sp³-hybridized carbons (Fsp3) is 0.625. The van der Waals surface area contributed by atoms with E-state index in [9.17, 15) is 19.5 Å². The van der Waals surface area contributed by atoms with Crippen LogP contribution < -0.4 is 10.6 Å². The maximum absolute atomic E-state index is 13.6. The lowest BCUT2D eigenvalue weighted by Crippen LogP contribution is -2.58. The number of aromatic hydroxyl groups is 1. The molecule has 2 rings (SSSR count). The minimum atomic E-state index is -1.03. The normalized spacial score (nSPS) is 16.3. The molecule has 1 aliphatic rings. The van der Waals surface area contributed by atoms with E-state index < -0.39 is 35.2 Å². The smallest absolute Gasteiger partial charge is 0.408 e. The molecule has 0 saturated heterocycles. The van der Waals surface area contributed by atoms with Crippen molar-refractivity contribution < 1.29 is 24.2 Å². The first-order valence-corrected chi connectivity index (χ1v) is 11.1. The number of nitrogens with zero attached hydrogens (tertiary/aromatic N) is 1. The van der Waals surface area contributed by atoms with Gasteiger partial charge >= 0.3 is 6.09 Å². The highest BCUT2D eigenvalue weighted by Crippen LogP contribution is 2.36. The van der Waals surface area contributed by atoms with Crippen LogP contribution in [-0.2, 0) is 14.3 Å². The highest BCUT2D eigenvalue weighted by Gasteiger charge is 2.42. The van der Waals surface area contributed by atoms with Gasteiger partial charge in [-0.2, -0.15) is 0 Å². The molecule has 0 bridgehead atoms. The van der Waals surface area contributed by atoms with Crippen LogP contribution in [0.5, 0.6) is 5.75 Å². The van der Waals surface area contributed by atoms with Gasteiger partial charge in [0.1, 0.15) is 23.4 Å². The van der Waals surface area contributed by atoms with E-state index in [-0.39, 0.29) is 17.7 Å². The van der Waals surface area contributed by atoms with Crippen molar-refractivity contribution in [1.82, 2.24) is 15.5 Å². The number of ether oxygens (including phenoxy) is 1. The molecule has 3 N–H and O–H groups in total. The highest BCUT2D eigenvalue weighted by atomic mass is 16.6. The Kier molecular flexibility index (Phi) is 7.80. The molecule has 8 nitrogen and oxygen atoms in total. The average Bonchev–Trinajstić information content (AvgIpc) is 2.57. The van der Waals surface area contributed by atoms with Crippen molar-refractivity contribution in [2.45, 2.75) is 97.0 Å². The number of amides is 3. The van der Waals surface area contributed by atoms with Crippen LogP contribution in [-0.4, -0.2) is 51.1 Å². The zero-order valence-electron chi connectivity index (χ0n) is 20.2. The fourth-order valence-electron chi connectivity index (χ4n) is 3.53. The lowest BCUT2D eigenvalue weighted by atomic mass is 9.87. The number of phenols is 1. The van der Waals surface area contributed by atoms with E-state index in [1.165, 1.54) is 11.0 Å². The Bertz CT molecular complexity index is 837. The molecule has 1 aliphatic carbocycles. The van der Waals surface area contributed by atoms with E-state index in [0.29, 0.717) is 5.56 Å². The van der Waals surface area contributed by atoms with Gasteiger partial charge in [0.25, 0.3) is 0 Å². The lowest BCUT2D eigenvalue weighted by molar-refractivity contribution is -0.147. The molecule has 2 atom stereocenters. The van der Waals surface area contributed by atoms with Gasteiger partial charge in [-0.1, -0.05) is 18.2 Å². The van der Waals surface area contributed by atoms with Crippen molar-refractivity contribution in [3.05, 3.63) is 29.8 Å². The maximum Gasteiger partial charge on any atom is 0.408 e. The summed E-state index contributed by atoms with van der Waals surface area (Å²) in [5.41, 5.74) is -0.890. The molecule has 1 fully saturated rings. The van der Waals surface area contributed by atoms with Gasteiger partial charge in [0.05, 0.1) is 0 Å². The van der Waals surface area contributed by atoms with E-state index in [4.69, 9.17) is 4.74 Å². The van der Waals surface area contributed by atoms with Gasteiger partial charge in [-0.05, 0) is 73.8 Å². The highest BCUT2D eigenvalue weighted by molar-refractivity contribution is 5.92. The molecule has 1 aromatic rings. The first kappa shape index (κ1) is 25.5. The quantitative estimate of drug-likeness (QED) is 0.617. The van der Waals surface area contributed by atoms with E-state index in [1.54, 1.807) is 45.9 Å². The van der Waals surface area contributed by atoms with Gasteiger partial charge in [0, 0.05) is 17.1 Å². The summed E-state index contributed by atoms with van der Waals surface area (Å²) in [5.74, 6) is -0.854. The molecule has 2 unspecified atom stereocenters. The maximum atomic E-state index is 13.6. The summed E-state index contributed by atoms with van der Waals surface area (Å²) < 4.78 is 5.28. The molecule has 0 heterocycles. The number of hydrogen-bond donors (Lipinski definition) is 3. The van der Waals surface area contributed by atoms with Gasteiger partial charge in [0.15, 0.2) is 0 Å². The van der Waals surface area contributed by atoms with Crippen LogP contribution in [0.4, 0.5) is 4.79 Å². The molecular weight excluding hydrogens is 410 g/mol. The van der Waals surface area contributed by atoms with Crippen LogP contribution in [0.15, 0.2) is 24.3 Å². The third-order valence-corrected chi connectivity index (χ3v) is 5.08. The SMILES string of the molecule is CC(NC(=O)OC(C)(C)C)C(=O)N(C1CCC1)C(C(=O)NC(C)(C)C)c1ccccc1O. The summed E-state index contributed by atoms with van der Waals surface area (Å²) >= 11 is 0.